The van der Waals surface area contributed by atoms with Crippen LogP contribution in [0.1, 0.15) is 61.3 Å². The molecule has 0 amide bonds. The van der Waals surface area contributed by atoms with Crippen LogP contribution in [-0.4, -0.2) is 44.8 Å². The maximum absolute atomic E-state index is 12.2. The first kappa shape index (κ1) is 37.8. The van der Waals surface area contributed by atoms with Crippen LogP contribution in [0.25, 0.3) is 22.3 Å². The summed E-state index contributed by atoms with van der Waals surface area (Å²) in [5.74, 6) is -1.78. The zero-order valence-corrected chi connectivity index (χ0v) is 27.5. The molecule has 0 saturated carbocycles. The van der Waals surface area contributed by atoms with E-state index in [1.165, 1.54) is 32.0 Å². The fourth-order valence-electron chi connectivity index (χ4n) is 4.14. The second-order valence-corrected chi connectivity index (χ2v) is 10.4. The highest BCUT2D eigenvalue weighted by atomic mass is 16.7. The van der Waals surface area contributed by atoms with E-state index < -0.39 is 27.6 Å². The van der Waals surface area contributed by atoms with Crippen molar-refractivity contribution in [3.8, 4) is 22.3 Å². The van der Waals surface area contributed by atoms with Crippen molar-refractivity contribution in [1.29, 1.82) is 0 Å². The van der Waals surface area contributed by atoms with E-state index in [1.54, 1.807) is 92.7 Å². The number of nitro benzene ring substituents is 2. The Morgan fingerprint density at radius 2 is 0.980 bits per heavy atom. The molecule has 0 N–H and O–H groups in total. The molecular weight excluding hydrogens is 648 g/mol. The van der Waals surface area contributed by atoms with Gasteiger partial charge < -0.3 is 9.68 Å². The summed E-state index contributed by atoms with van der Waals surface area (Å²) in [6, 6.07) is 25.6. The highest BCUT2D eigenvalue weighted by Gasteiger charge is 2.16. The number of benzene rings is 4. The summed E-state index contributed by atoms with van der Waals surface area (Å²) in [6.45, 7) is 6.17. The maximum atomic E-state index is 12.2. The number of hydrogen-bond donors (Lipinski definition) is 0. The number of non-ortho nitro benzene ring substituents is 1. The summed E-state index contributed by atoms with van der Waals surface area (Å²) < 4.78 is 0. The number of oxime groups is 2. The molecule has 256 valence electrons. The first-order valence-electron chi connectivity index (χ1n) is 15.1. The van der Waals surface area contributed by atoms with E-state index in [4.69, 9.17) is 0 Å². The fraction of sp³-hybridized carbons (Fsp3) is 0.167. The van der Waals surface area contributed by atoms with E-state index >= 15 is 0 Å². The Balaban J connectivity index is 0.000000270. The lowest BCUT2D eigenvalue weighted by Gasteiger charge is -2.05. The van der Waals surface area contributed by atoms with E-state index in [2.05, 4.69) is 20.0 Å². The van der Waals surface area contributed by atoms with Gasteiger partial charge in [0.15, 0.2) is 0 Å². The van der Waals surface area contributed by atoms with Crippen LogP contribution >= 0.6 is 0 Å². The summed E-state index contributed by atoms with van der Waals surface area (Å²) in [4.78, 5) is 76.6. The first-order valence-corrected chi connectivity index (χ1v) is 15.1. The van der Waals surface area contributed by atoms with Crippen LogP contribution in [0.15, 0.2) is 107 Å². The van der Waals surface area contributed by atoms with Gasteiger partial charge in [-0.3, -0.25) is 29.8 Å². The zero-order valence-electron chi connectivity index (χ0n) is 27.5. The highest BCUT2D eigenvalue weighted by Crippen LogP contribution is 2.29. The number of para-hydroxylation sites is 1. The average molecular weight is 681 g/mol. The summed E-state index contributed by atoms with van der Waals surface area (Å²) in [5.41, 5.74) is 3.57. The summed E-state index contributed by atoms with van der Waals surface area (Å²) in [7, 11) is 0. The number of hydrogen-bond acceptors (Lipinski definition) is 12. The molecule has 0 radical (unpaired) electrons. The van der Waals surface area contributed by atoms with Crippen LogP contribution < -0.4 is 0 Å². The van der Waals surface area contributed by atoms with Gasteiger partial charge in [0, 0.05) is 42.2 Å². The Labute approximate surface area is 286 Å². The first-order chi connectivity index (χ1) is 23.9. The van der Waals surface area contributed by atoms with E-state index in [9.17, 15) is 39.4 Å². The van der Waals surface area contributed by atoms with Crippen LogP contribution in [0.3, 0.4) is 0 Å². The quantitative estimate of drug-likeness (QED) is 0.0473. The number of rotatable bonds is 12. The minimum atomic E-state index is -0.529. The van der Waals surface area contributed by atoms with Crippen LogP contribution in [-0.2, 0) is 19.3 Å². The van der Waals surface area contributed by atoms with Gasteiger partial charge in [-0.1, -0.05) is 84.8 Å². The van der Waals surface area contributed by atoms with E-state index in [0.717, 1.165) is 11.1 Å². The molecule has 0 fully saturated rings. The third-order valence-corrected chi connectivity index (χ3v) is 6.92. The monoisotopic (exact) mass is 680 g/mol. The van der Waals surface area contributed by atoms with Crippen molar-refractivity contribution in [2.75, 3.05) is 0 Å². The Hall–Kier alpha value is -6.70. The molecule has 0 aromatic heterocycles. The normalized spacial score (nSPS) is 11.0. The number of ketones is 2. The molecule has 0 aliphatic rings. The third-order valence-electron chi connectivity index (χ3n) is 6.92. The second-order valence-electron chi connectivity index (χ2n) is 10.4. The van der Waals surface area contributed by atoms with Crippen molar-refractivity contribution in [3.63, 3.8) is 0 Å². The van der Waals surface area contributed by atoms with Crippen LogP contribution in [0.4, 0.5) is 11.4 Å². The molecule has 0 heterocycles. The van der Waals surface area contributed by atoms with Gasteiger partial charge in [0.2, 0.25) is 11.6 Å². The molecule has 0 aliphatic heterocycles. The van der Waals surface area contributed by atoms with Gasteiger partial charge in [-0.2, -0.15) is 0 Å². The molecule has 0 atom stereocenters. The van der Waals surface area contributed by atoms with Crippen molar-refractivity contribution < 1.29 is 38.7 Å². The third kappa shape index (κ3) is 10.4. The standard InChI is InChI=1S/2C18H16N2O5/c1-3-17(21)25-19-12(2)18(22)15-6-4-13(5-7-15)14-8-10-16(11-9-14)20(23)24;1-3-17(21)25-19-12(2)18(22)14-10-8-13(9-11-14)15-6-4-5-7-16(15)20(23)24/h2*4-11H,3H2,1-2H3/b2*19-12-. The van der Waals surface area contributed by atoms with Crippen molar-refractivity contribution in [2.24, 2.45) is 10.3 Å². The zero-order chi connectivity index (χ0) is 36.8. The number of Topliss-reactive ketones (excluding diaryl/α,β-unsaturated/α-hetero) is 2. The minimum absolute atomic E-state index is 0.00852. The smallest absolute Gasteiger partial charge is 0.318 e. The summed E-state index contributed by atoms with van der Waals surface area (Å²) in [5, 5.41) is 28.8. The fourth-order valence-corrected chi connectivity index (χ4v) is 4.14. The molecule has 0 bridgehead atoms. The van der Waals surface area contributed by atoms with Crippen molar-refractivity contribution in [3.05, 3.63) is 128 Å². The SMILES string of the molecule is CCC(=O)O/N=C(/C)C(=O)c1ccc(-c2ccc([N+](=O)[O-])cc2)cc1.CCC(=O)O/N=C(/C)C(=O)c1ccc(-c2ccccc2[N+](=O)[O-])cc1. The molecule has 14 nitrogen and oxygen atoms in total. The molecule has 0 unspecified atom stereocenters. The molecule has 4 aromatic rings. The van der Waals surface area contributed by atoms with Gasteiger partial charge in [0.1, 0.15) is 11.4 Å². The van der Waals surface area contributed by atoms with Gasteiger partial charge in [0.05, 0.1) is 15.4 Å². The van der Waals surface area contributed by atoms with Crippen LogP contribution in [0.2, 0.25) is 0 Å². The van der Waals surface area contributed by atoms with Gasteiger partial charge >= 0.3 is 11.9 Å². The molecular formula is C36H32N4O10. The Kier molecular flexibility index (Phi) is 13.6. The number of nitrogens with zero attached hydrogens (tertiary/aromatic N) is 4. The summed E-state index contributed by atoms with van der Waals surface area (Å²) >= 11 is 0. The van der Waals surface area contributed by atoms with Gasteiger partial charge in [0.25, 0.3) is 11.4 Å². The van der Waals surface area contributed by atoms with E-state index in [1.807, 2.05) is 0 Å². The van der Waals surface area contributed by atoms with E-state index in [-0.39, 0.29) is 41.4 Å². The lowest BCUT2D eigenvalue weighted by Crippen LogP contribution is -2.12. The molecule has 50 heavy (non-hydrogen) atoms. The van der Waals surface area contributed by atoms with Gasteiger partial charge in [-0.05, 0) is 48.7 Å². The van der Waals surface area contributed by atoms with Crippen LogP contribution in [0.5, 0.6) is 0 Å². The lowest BCUT2D eigenvalue weighted by atomic mass is 10.00. The summed E-state index contributed by atoms with van der Waals surface area (Å²) in [6.07, 6.45) is 0.338. The Bertz CT molecular complexity index is 1950. The minimum Gasteiger partial charge on any atom is -0.318 e. The molecule has 0 saturated heterocycles. The molecule has 0 aliphatic carbocycles. The molecule has 4 aromatic carbocycles. The predicted octanol–water partition coefficient (Wildman–Crippen LogP) is 7.55. The molecule has 14 heteroatoms. The lowest BCUT2D eigenvalue weighted by molar-refractivity contribution is -0.384. The predicted molar refractivity (Wildman–Crippen MR) is 185 cm³/mol. The number of carbonyl (C=O) groups is 4. The van der Waals surface area contributed by atoms with Crippen molar-refractivity contribution >= 4 is 46.3 Å². The average Bonchev–Trinajstić information content (AvgIpc) is 3.15. The number of carbonyl (C=O) groups excluding carboxylic acids is 4. The van der Waals surface area contributed by atoms with Crippen molar-refractivity contribution in [1.82, 2.24) is 0 Å². The van der Waals surface area contributed by atoms with Gasteiger partial charge in [-0.25, -0.2) is 9.59 Å². The maximum Gasteiger partial charge on any atom is 0.334 e. The Morgan fingerprint density at radius 1 is 0.580 bits per heavy atom. The molecule has 4 rings (SSSR count). The second kappa shape index (κ2) is 18.0. The molecule has 0 spiro atoms. The van der Waals surface area contributed by atoms with Gasteiger partial charge in [-0.15, -0.1) is 0 Å². The number of nitro groups is 2. The highest BCUT2D eigenvalue weighted by molar-refractivity contribution is 6.45. The largest absolute Gasteiger partial charge is 0.334 e. The van der Waals surface area contributed by atoms with Crippen molar-refractivity contribution in [2.45, 2.75) is 40.5 Å². The Morgan fingerprint density at radius 3 is 1.38 bits per heavy atom. The topological polar surface area (TPSA) is 198 Å². The van der Waals surface area contributed by atoms with E-state index in [0.29, 0.717) is 22.3 Å². The van der Waals surface area contributed by atoms with Crippen LogP contribution in [0, 0.1) is 20.2 Å².